The van der Waals surface area contributed by atoms with E-state index in [0.29, 0.717) is 6.04 Å². The number of benzene rings is 1. The van der Waals surface area contributed by atoms with Gasteiger partial charge in [0.1, 0.15) is 5.75 Å². The van der Waals surface area contributed by atoms with E-state index < -0.39 is 10.0 Å². The molecule has 0 spiro atoms. The van der Waals surface area contributed by atoms with Crippen LogP contribution in [0.4, 0.5) is 5.69 Å². The van der Waals surface area contributed by atoms with Gasteiger partial charge < -0.3 is 9.64 Å². The second-order valence-corrected chi connectivity index (χ2v) is 10.8. The molecule has 6 nitrogen and oxygen atoms in total. The quantitative estimate of drug-likeness (QED) is 0.366. The Morgan fingerprint density at radius 2 is 1.62 bits per heavy atom. The summed E-state index contributed by atoms with van der Waals surface area (Å²) in [6.07, 6.45) is 10.3. The topological polar surface area (TPSA) is 61.9 Å². The van der Waals surface area contributed by atoms with Gasteiger partial charge in [-0.25, -0.2) is 13.1 Å². The van der Waals surface area contributed by atoms with E-state index >= 15 is 0 Å². The number of nitrogens with zero attached hydrogens (tertiary/aromatic N) is 2. The van der Waals surface area contributed by atoms with Gasteiger partial charge in [-0.05, 0) is 70.7 Å². The first-order valence-corrected chi connectivity index (χ1v) is 15.5. The minimum atomic E-state index is -3.52. The molecule has 0 atom stereocenters. The van der Waals surface area contributed by atoms with Gasteiger partial charge in [0.2, 0.25) is 10.0 Å². The molecule has 1 aliphatic heterocycles. The third-order valence-corrected chi connectivity index (χ3v) is 7.88. The van der Waals surface area contributed by atoms with Crippen molar-refractivity contribution in [1.82, 2.24) is 9.62 Å². The van der Waals surface area contributed by atoms with Crippen molar-refractivity contribution in [3.05, 3.63) is 60.1 Å². The van der Waals surface area contributed by atoms with Crippen LogP contribution in [0.15, 0.2) is 60.1 Å². The fourth-order valence-electron chi connectivity index (χ4n) is 4.76. The molecule has 2 fully saturated rings. The number of rotatable bonds is 9. The van der Waals surface area contributed by atoms with E-state index in [0.717, 1.165) is 57.6 Å². The molecule has 210 valence electrons. The lowest BCUT2D eigenvalue weighted by atomic mass is 9.90. The fourth-order valence-corrected chi connectivity index (χ4v) is 6.16. The van der Waals surface area contributed by atoms with Crippen LogP contribution in [0.1, 0.15) is 74.1 Å². The van der Waals surface area contributed by atoms with Crippen molar-refractivity contribution >= 4 is 15.7 Å². The first kappa shape index (κ1) is 32.9. The van der Waals surface area contributed by atoms with Crippen LogP contribution in [0.5, 0.6) is 5.75 Å². The number of para-hydroxylation sites is 2. The third-order valence-electron chi connectivity index (χ3n) is 6.34. The van der Waals surface area contributed by atoms with E-state index in [9.17, 15) is 8.42 Å². The monoisotopic (exact) mass is 533 g/mol. The van der Waals surface area contributed by atoms with Gasteiger partial charge in [0, 0.05) is 38.3 Å². The van der Waals surface area contributed by atoms with E-state index in [1.54, 1.807) is 12.2 Å². The molecule has 1 saturated heterocycles. The molecule has 1 saturated carbocycles. The summed E-state index contributed by atoms with van der Waals surface area (Å²) < 4.78 is 34.4. The van der Waals surface area contributed by atoms with Gasteiger partial charge in [0.25, 0.3) is 0 Å². The maximum atomic E-state index is 12.7. The lowest BCUT2D eigenvalue weighted by molar-refractivity contribution is 0.139. The van der Waals surface area contributed by atoms with Crippen molar-refractivity contribution in [3.8, 4) is 5.75 Å². The molecular weight excluding hydrogens is 482 g/mol. The summed E-state index contributed by atoms with van der Waals surface area (Å²) >= 11 is 0. The summed E-state index contributed by atoms with van der Waals surface area (Å²) in [6.45, 7) is 21.5. The molecular formula is C30H51N3O3S. The van der Waals surface area contributed by atoms with Gasteiger partial charge in [-0.2, -0.15) is 0 Å². The highest BCUT2D eigenvalue weighted by Gasteiger charge is 2.31. The van der Waals surface area contributed by atoms with Crippen molar-refractivity contribution < 1.29 is 13.2 Å². The first-order chi connectivity index (χ1) is 17.8. The maximum absolute atomic E-state index is 12.7. The highest BCUT2D eigenvalue weighted by molar-refractivity contribution is 7.93. The number of ether oxygens (including phenoxy) is 1. The van der Waals surface area contributed by atoms with Gasteiger partial charge >= 0.3 is 0 Å². The molecule has 1 heterocycles. The number of allylic oxidation sites excluding steroid dienone is 4. The van der Waals surface area contributed by atoms with E-state index in [-0.39, 0.29) is 17.1 Å². The van der Waals surface area contributed by atoms with Crippen LogP contribution >= 0.6 is 0 Å². The van der Waals surface area contributed by atoms with Crippen LogP contribution in [0.2, 0.25) is 0 Å². The molecule has 3 rings (SSSR count). The number of sulfonamides is 1. The van der Waals surface area contributed by atoms with Crippen molar-refractivity contribution in [1.29, 1.82) is 0 Å². The molecule has 0 amide bonds. The molecule has 1 aromatic rings. The first-order valence-electron chi connectivity index (χ1n) is 14.1. The van der Waals surface area contributed by atoms with E-state index in [4.69, 9.17) is 4.74 Å². The molecule has 0 aromatic heterocycles. The Kier molecular flexibility index (Phi) is 15.5. The Balaban J connectivity index is 0.00000163. The predicted molar refractivity (Wildman–Crippen MR) is 160 cm³/mol. The highest BCUT2D eigenvalue weighted by Crippen LogP contribution is 2.31. The Morgan fingerprint density at radius 3 is 2.16 bits per heavy atom. The van der Waals surface area contributed by atoms with Gasteiger partial charge in [0.05, 0.1) is 16.7 Å². The number of hydrogen-bond donors (Lipinski definition) is 1. The van der Waals surface area contributed by atoms with Gasteiger partial charge in [-0.15, -0.1) is 0 Å². The normalized spacial score (nSPS) is 21.1. The average Bonchev–Trinajstić information content (AvgIpc) is 2.91. The van der Waals surface area contributed by atoms with Crippen molar-refractivity contribution in [2.75, 3.05) is 31.1 Å². The number of anilines is 1. The summed E-state index contributed by atoms with van der Waals surface area (Å²) in [7, 11) is -3.52. The summed E-state index contributed by atoms with van der Waals surface area (Å²) in [4.78, 5) is 5.26. The van der Waals surface area contributed by atoms with Crippen molar-refractivity contribution in [2.24, 2.45) is 0 Å². The second kappa shape index (κ2) is 17.4. The zero-order valence-corrected chi connectivity index (χ0v) is 25.1. The van der Waals surface area contributed by atoms with Gasteiger partial charge in [-0.1, -0.05) is 58.6 Å². The van der Waals surface area contributed by atoms with Crippen LogP contribution in [-0.2, 0) is 10.0 Å². The minimum absolute atomic E-state index is 0.00827. The second-order valence-electron chi connectivity index (χ2n) is 9.09. The summed E-state index contributed by atoms with van der Waals surface area (Å²) in [5.41, 5.74) is 1.17. The maximum Gasteiger partial charge on any atom is 0.240 e. The van der Waals surface area contributed by atoms with Gasteiger partial charge in [0.15, 0.2) is 0 Å². The lowest BCUT2D eigenvalue weighted by Crippen LogP contribution is -2.52. The molecule has 0 unspecified atom stereocenters. The summed E-state index contributed by atoms with van der Waals surface area (Å²) in [5.74, 6) is 0.955. The SMILES string of the molecule is C=C/C=C(\C=C/C)S(=O)(=O)NC1CCC(N2CCN(c3ccccc3OC(C)C)CC2)CC1.CC.CC. The molecule has 0 radical (unpaired) electrons. The molecule has 7 heteroatoms. The van der Waals surface area contributed by atoms with Crippen LogP contribution < -0.4 is 14.4 Å². The van der Waals surface area contributed by atoms with Crippen molar-refractivity contribution in [3.63, 3.8) is 0 Å². The minimum Gasteiger partial charge on any atom is -0.489 e. The van der Waals surface area contributed by atoms with E-state index in [1.807, 2.05) is 40.7 Å². The molecule has 37 heavy (non-hydrogen) atoms. The molecule has 1 aromatic carbocycles. The van der Waals surface area contributed by atoms with Gasteiger partial charge in [-0.3, -0.25) is 4.90 Å². The standard InChI is InChI=1S/C26H39N3O3S.2C2H6/c1-5-9-24(10-6-2)33(30,31)27-22-13-15-23(16-14-22)28-17-19-29(20-18-28)25-11-7-8-12-26(25)32-21(3)4;2*1-2/h5-12,21-23,27H,1,13-20H2,2-4H3;2*1-2H3/b10-6-,24-9+;;. The Bertz CT molecular complexity index is 941. The van der Waals surface area contributed by atoms with Crippen LogP contribution in [0, 0.1) is 0 Å². The van der Waals surface area contributed by atoms with E-state index in [1.165, 1.54) is 17.8 Å². The summed E-state index contributed by atoms with van der Waals surface area (Å²) in [5, 5.41) is 0. The Labute approximate surface area is 227 Å². The fraction of sp³-hybridized carbons (Fsp3) is 0.600. The Hall–Kier alpha value is -2.09. The smallest absolute Gasteiger partial charge is 0.240 e. The lowest BCUT2D eigenvalue weighted by Gasteiger charge is -2.43. The molecule has 1 aliphatic carbocycles. The largest absolute Gasteiger partial charge is 0.489 e. The molecule has 1 N–H and O–H groups in total. The summed E-state index contributed by atoms with van der Waals surface area (Å²) in [6, 6.07) is 8.81. The Morgan fingerprint density at radius 1 is 1.03 bits per heavy atom. The average molecular weight is 534 g/mol. The highest BCUT2D eigenvalue weighted by atomic mass is 32.2. The number of nitrogens with one attached hydrogen (secondary N) is 1. The molecule has 0 bridgehead atoms. The third kappa shape index (κ3) is 10.3. The zero-order chi connectivity index (χ0) is 27.8. The number of hydrogen-bond acceptors (Lipinski definition) is 5. The number of piperazine rings is 1. The van der Waals surface area contributed by atoms with E-state index in [2.05, 4.69) is 53.1 Å². The van der Waals surface area contributed by atoms with Crippen LogP contribution in [0.3, 0.4) is 0 Å². The predicted octanol–water partition coefficient (Wildman–Crippen LogP) is 6.52. The van der Waals surface area contributed by atoms with Crippen LogP contribution in [-0.4, -0.2) is 57.7 Å². The molecule has 2 aliphatic rings. The zero-order valence-electron chi connectivity index (χ0n) is 24.2. The van der Waals surface area contributed by atoms with Crippen LogP contribution in [0.25, 0.3) is 0 Å². The van der Waals surface area contributed by atoms with Crippen molar-refractivity contribution in [2.45, 2.75) is 92.3 Å².